The first-order chi connectivity index (χ1) is 7.97. The largest absolute Gasteiger partial charge is 0.348 e. The van der Waals surface area contributed by atoms with E-state index >= 15 is 0 Å². The first-order valence-corrected chi connectivity index (χ1v) is 5.93. The lowest BCUT2D eigenvalue weighted by atomic mass is 10.0. The molecule has 0 bridgehead atoms. The molecule has 1 aromatic heterocycles. The Balaban J connectivity index is 2.63. The number of hydrogen-bond donors (Lipinski definition) is 2. The number of hydrogen-bond acceptors (Lipinski definition) is 3. The van der Waals surface area contributed by atoms with Gasteiger partial charge in [-0.15, -0.1) is 0 Å². The van der Waals surface area contributed by atoms with E-state index in [-0.39, 0.29) is 11.9 Å². The third-order valence-corrected chi connectivity index (χ3v) is 2.74. The minimum absolute atomic E-state index is 0.00339. The third-order valence-electron chi connectivity index (χ3n) is 2.74. The second-order valence-corrected chi connectivity index (χ2v) is 4.63. The molecule has 1 amide bonds. The second-order valence-electron chi connectivity index (χ2n) is 4.63. The molecule has 2 N–H and O–H groups in total. The molecule has 1 atom stereocenters. The Morgan fingerprint density at radius 1 is 1.41 bits per heavy atom. The van der Waals surface area contributed by atoms with E-state index in [4.69, 9.17) is 0 Å². The lowest BCUT2D eigenvalue weighted by Crippen LogP contribution is -2.52. The summed E-state index contributed by atoms with van der Waals surface area (Å²) >= 11 is 0. The van der Waals surface area contributed by atoms with Crippen LogP contribution in [0.15, 0.2) is 24.5 Å². The predicted molar refractivity (Wildman–Crippen MR) is 68.6 cm³/mol. The Morgan fingerprint density at radius 2 is 2.00 bits per heavy atom. The van der Waals surface area contributed by atoms with E-state index in [0.29, 0.717) is 0 Å². The topological polar surface area (TPSA) is 54.0 Å². The van der Waals surface area contributed by atoms with Gasteiger partial charge in [0.1, 0.15) is 0 Å². The Morgan fingerprint density at radius 3 is 2.53 bits per heavy atom. The van der Waals surface area contributed by atoms with Crippen LogP contribution in [0.25, 0.3) is 0 Å². The lowest BCUT2D eigenvalue weighted by molar-refractivity contribution is -0.127. The van der Waals surface area contributed by atoms with Crippen LogP contribution in [-0.4, -0.2) is 23.0 Å². The van der Waals surface area contributed by atoms with Gasteiger partial charge in [-0.2, -0.15) is 0 Å². The molecular weight excluding hydrogens is 214 g/mol. The van der Waals surface area contributed by atoms with Crippen LogP contribution in [0.2, 0.25) is 0 Å². The molecule has 4 heteroatoms. The minimum Gasteiger partial charge on any atom is -0.348 e. The van der Waals surface area contributed by atoms with E-state index < -0.39 is 5.54 Å². The van der Waals surface area contributed by atoms with Gasteiger partial charge in [-0.3, -0.25) is 9.78 Å². The summed E-state index contributed by atoms with van der Waals surface area (Å²) in [6.45, 7) is 8.48. The summed E-state index contributed by atoms with van der Waals surface area (Å²) in [5.74, 6) is 0.00339. The molecule has 0 aromatic carbocycles. The van der Waals surface area contributed by atoms with E-state index in [9.17, 15) is 4.79 Å². The fourth-order valence-electron chi connectivity index (χ4n) is 1.63. The molecule has 17 heavy (non-hydrogen) atoms. The maximum absolute atomic E-state index is 12.0. The number of likely N-dealkylation sites (N-methyl/N-ethyl adjacent to an activating group) is 1. The molecule has 1 rings (SSSR count). The zero-order valence-corrected chi connectivity index (χ0v) is 10.9. The lowest BCUT2D eigenvalue weighted by Gasteiger charge is -2.26. The summed E-state index contributed by atoms with van der Waals surface area (Å²) in [7, 11) is 0. The van der Waals surface area contributed by atoms with Crippen molar-refractivity contribution in [2.45, 2.75) is 39.3 Å². The second kappa shape index (κ2) is 5.77. The van der Waals surface area contributed by atoms with Crippen molar-refractivity contribution in [3.05, 3.63) is 30.1 Å². The van der Waals surface area contributed by atoms with Crippen LogP contribution in [0.1, 0.15) is 39.3 Å². The number of aromatic nitrogens is 1. The van der Waals surface area contributed by atoms with Crippen molar-refractivity contribution >= 4 is 5.91 Å². The molecule has 0 radical (unpaired) electrons. The number of nitrogens with one attached hydrogen (secondary N) is 2. The van der Waals surface area contributed by atoms with Crippen LogP contribution in [0.4, 0.5) is 0 Å². The minimum atomic E-state index is -0.546. The maximum Gasteiger partial charge on any atom is 0.240 e. The normalized spacial score (nSPS) is 13.2. The fraction of sp³-hybridized carbons (Fsp3) is 0.538. The van der Waals surface area contributed by atoms with Crippen molar-refractivity contribution in [3.8, 4) is 0 Å². The first kappa shape index (κ1) is 13.6. The van der Waals surface area contributed by atoms with Gasteiger partial charge in [0.25, 0.3) is 0 Å². The van der Waals surface area contributed by atoms with Gasteiger partial charge in [-0.25, -0.2) is 0 Å². The van der Waals surface area contributed by atoms with Gasteiger partial charge in [-0.05, 0) is 45.0 Å². The van der Waals surface area contributed by atoms with E-state index in [0.717, 1.165) is 12.1 Å². The number of nitrogens with zero attached hydrogens (tertiary/aromatic N) is 1. The first-order valence-electron chi connectivity index (χ1n) is 5.93. The highest BCUT2D eigenvalue weighted by Crippen LogP contribution is 2.12. The molecule has 0 spiro atoms. The summed E-state index contributed by atoms with van der Waals surface area (Å²) in [5.41, 5.74) is 0.511. The van der Waals surface area contributed by atoms with Gasteiger partial charge >= 0.3 is 0 Å². The van der Waals surface area contributed by atoms with Crippen LogP contribution in [0.3, 0.4) is 0 Å². The molecule has 0 aliphatic carbocycles. The zero-order chi connectivity index (χ0) is 12.9. The van der Waals surface area contributed by atoms with E-state index in [1.54, 1.807) is 12.4 Å². The molecule has 0 saturated carbocycles. The van der Waals surface area contributed by atoms with Crippen molar-refractivity contribution in [2.75, 3.05) is 6.54 Å². The van der Waals surface area contributed by atoms with Gasteiger partial charge in [-0.1, -0.05) is 6.92 Å². The summed E-state index contributed by atoms with van der Waals surface area (Å²) in [5, 5.41) is 6.15. The van der Waals surface area contributed by atoms with Gasteiger partial charge in [0.2, 0.25) is 5.91 Å². The Labute approximate surface area is 103 Å². The van der Waals surface area contributed by atoms with Crippen LogP contribution in [-0.2, 0) is 4.79 Å². The summed E-state index contributed by atoms with van der Waals surface area (Å²) < 4.78 is 0. The average molecular weight is 235 g/mol. The molecular formula is C13H21N3O. The highest BCUT2D eigenvalue weighted by Gasteiger charge is 2.27. The van der Waals surface area contributed by atoms with Crippen molar-refractivity contribution in [1.29, 1.82) is 0 Å². The van der Waals surface area contributed by atoms with Gasteiger partial charge in [0, 0.05) is 12.4 Å². The van der Waals surface area contributed by atoms with Gasteiger partial charge in [0.15, 0.2) is 0 Å². The highest BCUT2D eigenvalue weighted by atomic mass is 16.2. The summed E-state index contributed by atoms with van der Waals surface area (Å²) in [6, 6.07) is 3.81. The van der Waals surface area contributed by atoms with Crippen molar-refractivity contribution in [3.63, 3.8) is 0 Å². The number of rotatable bonds is 5. The SMILES string of the molecule is CCNC(C)(C)C(=O)N[C@@H](C)c1ccncc1. The van der Waals surface area contributed by atoms with E-state index in [1.165, 1.54) is 0 Å². The number of amides is 1. The van der Waals surface area contributed by atoms with Crippen LogP contribution >= 0.6 is 0 Å². The maximum atomic E-state index is 12.0. The quantitative estimate of drug-likeness (QED) is 0.816. The zero-order valence-electron chi connectivity index (χ0n) is 10.9. The Kier molecular flexibility index (Phi) is 4.63. The van der Waals surface area contributed by atoms with Crippen LogP contribution in [0.5, 0.6) is 0 Å². The van der Waals surface area contributed by atoms with E-state index in [2.05, 4.69) is 15.6 Å². The summed E-state index contributed by atoms with van der Waals surface area (Å²) in [4.78, 5) is 16.0. The van der Waals surface area contributed by atoms with E-state index in [1.807, 2.05) is 39.8 Å². The standard InChI is InChI=1S/C13H21N3O/c1-5-15-13(3,4)12(17)16-10(2)11-6-8-14-9-7-11/h6-10,15H,5H2,1-4H3,(H,16,17)/t10-/m0/s1. The van der Waals surface area contributed by atoms with Gasteiger partial charge in [0.05, 0.1) is 11.6 Å². The van der Waals surface area contributed by atoms with Crippen LogP contribution < -0.4 is 10.6 Å². The van der Waals surface area contributed by atoms with Crippen molar-refractivity contribution in [1.82, 2.24) is 15.6 Å². The molecule has 0 unspecified atom stereocenters. The number of pyridine rings is 1. The van der Waals surface area contributed by atoms with Gasteiger partial charge < -0.3 is 10.6 Å². The molecule has 1 heterocycles. The average Bonchev–Trinajstić information content (AvgIpc) is 2.30. The Bertz CT molecular complexity index is 362. The summed E-state index contributed by atoms with van der Waals surface area (Å²) in [6.07, 6.45) is 3.46. The third kappa shape index (κ3) is 3.82. The monoisotopic (exact) mass is 235 g/mol. The molecule has 4 nitrogen and oxygen atoms in total. The van der Waals surface area contributed by atoms with Crippen LogP contribution in [0, 0.1) is 0 Å². The number of carbonyl (C=O) groups excluding carboxylic acids is 1. The molecule has 1 aromatic rings. The highest BCUT2D eigenvalue weighted by molar-refractivity contribution is 5.85. The molecule has 94 valence electrons. The van der Waals surface area contributed by atoms with Crippen molar-refractivity contribution < 1.29 is 4.79 Å². The predicted octanol–water partition coefficient (Wildman–Crippen LogP) is 1.65. The smallest absolute Gasteiger partial charge is 0.240 e. The Hall–Kier alpha value is -1.42. The molecule has 0 aliphatic rings. The van der Waals surface area contributed by atoms with Crippen molar-refractivity contribution in [2.24, 2.45) is 0 Å². The number of carbonyl (C=O) groups is 1. The fourth-order valence-corrected chi connectivity index (χ4v) is 1.63. The molecule has 0 fully saturated rings. The molecule has 0 saturated heterocycles. The molecule has 0 aliphatic heterocycles.